The Kier molecular flexibility index (Phi) is 5.75. The van der Waals surface area contributed by atoms with Crippen molar-refractivity contribution in [1.29, 1.82) is 0 Å². The van der Waals surface area contributed by atoms with Gasteiger partial charge in [-0.05, 0) is 68.2 Å². The van der Waals surface area contributed by atoms with Crippen molar-refractivity contribution in [3.8, 4) is 0 Å². The minimum atomic E-state index is -3.71. The third-order valence-electron chi connectivity index (χ3n) is 5.86. The molecule has 0 radical (unpaired) electrons. The zero-order valence-corrected chi connectivity index (χ0v) is 17.4. The summed E-state index contributed by atoms with van der Waals surface area (Å²) >= 11 is 0. The second kappa shape index (κ2) is 8.31. The van der Waals surface area contributed by atoms with E-state index in [4.69, 9.17) is 5.73 Å². The standard InChI is InChI=1S/C21H25FN4O3S/c22-19-13-26(21(27)24-20(19)23)17-10-9-16(12-17)25-30(28,29)18-8-4-7-15(11-18)14-5-2-1-3-6-14/h4-5,7-8,11,13,16-17,25H,1-3,6,9-10,12H2,(H2,23,24,27)/t16-,17-/m0/s1. The lowest BCUT2D eigenvalue weighted by molar-refractivity contribution is 0.461. The van der Waals surface area contributed by atoms with Gasteiger partial charge in [-0.1, -0.05) is 18.2 Å². The third kappa shape index (κ3) is 4.32. The molecule has 30 heavy (non-hydrogen) atoms. The highest BCUT2D eigenvalue weighted by Crippen LogP contribution is 2.31. The summed E-state index contributed by atoms with van der Waals surface area (Å²) in [6.45, 7) is 0. The monoisotopic (exact) mass is 432 g/mol. The lowest BCUT2D eigenvalue weighted by Crippen LogP contribution is -2.34. The Hall–Kier alpha value is -2.52. The molecule has 2 aromatic rings. The summed E-state index contributed by atoms with van der Waals surface area (Å²) in [6.07, 6.45) is 8.98. The van der Waals surface area contributed by atoms with Crippen LogP contribution in [0, 0.1) is 5.82 Å². The van der Waals surface area contributed by atoms with Crippen molar-refractivity contribution in [3.05, 3.63) is 58.4 Å². The lowest BCUT2D eigenvalue weighted by Gasteiger charge is -2.17. The quantitative estimate of drug-likeness (QED) is 0.755. The van der Waals surface area contributed by atoms with Gasteiger partial charge in [0.1, 0.15) is 0 Å². The van der Waals surface area contributed by atoms with Crippen LogP contribution in [0.2, 0.25) is 0 Å². The van der Waals surface area contributed by atoms with Crippen molar-refractivity contribution in [2.24, 2.45) is 0 Å². The van der Waals surface area contributed by atoms with Gasteiger partial charge in [-0.3, -0.25) is 4.57 Å². The van der Waals surface area contributed by atoms with Gasteiger partial charge in [0.05, 0.1) is 4.90 Å². The van der Waals surface area contributed by atoms with Crippen LogP contribution < -0.4 is 16.1 Å². The number of nitrogens with two attached hydrogens (primary N) is 1. The smallest absolute Gasteiger partial charge is 0.349 e. The average Bonchev–Trinajstić information content (AvgIpc) is 3.19. The summed E-state index contributed by atoms with van der Waals surface area (Å²) in [5.41, 5.74) is 6.84. The van der Waals surface area contributed by atoms with Crippen molar-refractivity contribution in [1.82, 2.24) is 14.3 Å². The average molecular weight is 433 g/mol. The molecule has 0 bridgehead atoms. The maximum Gasteiger partial charge on any atom is 0.349 e. The van der Waals surface area contributed by atoms with Gasteiger partial charge in [0, 0.05) is 18.3 Å². The molecule has 2 aliphatic carbocycles. The van der Waals surface area contributed by atoms with Crippen LogP contribution in [0.5, 0.6) is 0 Å². The first-order valence-corrected chi connectivity index (χ1v) is 11.7. The summed E-state index contributed by atoms with van der Waals surface area (Å²) in [5, 5.41) is 0. The first kappa shape index (κ1) is 20.7. The summed E-state index contributed by atoms with van der Waals surface area (Å²) in [6, 6.07) is 6.34. The number of benzene rings is 1. The van der Waals surface area contributed by atoms with E-state index in [0.717, 1.165) is 31.0 Å². The number of hydrogen-bond donors (Lipinski definition) is 2. The highest BCUT2D eigenvalue weighted by molar-refractivity contribution is 7.89. The van der Waals surface area contributed by atoms with Gasteiger partial charge in [-0.15, -0.1) is 0 Å². The van der Waals surface area contributed by atoms with Crippen molar-refractivity contribution in [3.63, 3.8) is 0 Å². The van der Waals surface area contributed by atoms with E-state index in [0.29, 0.717) is 19.3 Å². The largest absolute Gasteiger partial charge is 0.381 e. The fraction of sp³-hybridized carbons (Fsp3) is 0.429. The minimum Gasteiger partial charge on any atom is -0.381 e. The van der Waals surface area contributed by atoms with Crippen LogP contribution in [0.25, 0.3) is 5.57 Å². The molecule has 1 aromatic carbocycles. The molecule has 0 unspecified atom stereocenters. The number of nitrogen functional groups attached to an aromatic ring is 1. The van der Waals surface area contributed by atoms with Crippen molar-refractivity contribution in [2.75, 3.05) is 5.73 Å². The molecule has 2 aliphatic rings. The first-order valence-electron chi connectivity index (χ1n) is 10.2. The second-order valence-corrected chi connectivity index (χ2v) is 9.67. The number of allylic oxidation sites excluding steroid dienone is 2. The Morgan fingerprint density at radius 2 is 2.07 bits per heavy atom. The fourth-order valence-electron chi connectivity index (χ4n) is 4.29. The van der Waals surface area contributed by atoms with E-state index in [-0.39, 0.29) is 17.0 Å². The molecule has 1 fully saturated rings. The van der Waals surface area contributed by atoms with Gasteiger partial charge in [0.15, 0.2) is 11.6 Å². The maximum atomic E-state index is 13.7. The van der Waals surface area contributed by atoms with Crippen LogP contribution in [-0.2, 0) is 10.0 Å². The molecule has 9 heteroatoms. The molecular formula is C21H25FN4O3S. The third-order valence-corrected chi connectivity index (χ3v) is 7.38. The van der Waals surface area contributed by atoms with E-state index < -0.39 is 27.3 Å². The molecule has 0 amide bonds. The van der Waals surface area contributed by atoms with E-state index in [1.54, 1.807) is 18.2 Å². The Labute approximate surface area is 174 Å². The zero-order chi connectivity index (χ0) is 21.3. The molecule has 7 nitrogen and oxygen atoms in total. The van der Waals surface area contributed by atoms with Gasteiger partial charge in [-0.25, -0.2) is 22.3 Å². The van der Waals surface area contributed by atoms with Gasteiger partial charge in [-0.2, -0.15) is 4.98 Å². The van der Waals surface area contributed by atoms with E-state index in [1.165, 1.54) is 16.6 Å². The molecule has 4 rings (SSSR count). The predicted molar refractivity (Wildman–Crippen MR) is 113 cm³/mol. The number of rotatable bonds is 5. The minimum absolute atomic E-state index is 0.229. The van der Waals surface area contributed by atoms with E-state index >= 15 is 0 Å². The molecule has 3 N–H and O–H groups in total. The fourth-order valence-corrected chi connectivity index (χ4v) is 5.62. The van der Waals surface area contributed by atoms with Crippen LogP contribution in [0.15, 0.2) is 46.2 Å². The zero-order valence-electron chi connectivity index (χ0n) is 16.6. The molecule has 1 heterocycles. The number of aromatic nitrogens is 2. The van der Waals surface area contributed by atoms with Crippen LogP contribution in [0.4, 0.5) is 10.2 Å². The number of anilines is 1. The number of nitrogens with one attached hydrogen (secondary N) is 1. The molecule has 2 atom stereocenters. The normalized spacial score (nSPS) is 22.1. The summed E-state index contributed by atoms with van der Waals surface area (Å²) in [4.78, 5) is 15.8. The maximum absolute atomic E-state index is 13.7. The summed E-state index contributed by atoms with van der Waals surface area (Å²) < 4.78 is 43.6. The first-order chi connectivity index (χ1) is 14.3. The van der Waals surface area contributed by atoms with Crippen LogP contribution in [0.1, 0.15) is 56.6 Å². The van der Waals surface area contributed by atoms with Gasteiger partial charge >= 0.3 is 5.69 Å². The Morgan fingerprint density at radius 1 is 1.23 bits per heavy atom. The second-order valence-electron chi connectivity index (χ2n) is 7.95. The summed E-state index contributed by atoms with van der Waals surface area (Å²) in [7, 11) is -3.71. The number of nitrogens with zero attached hydrogens (tertiary/aromatic N) is 2. The Balaban J connectivity index is 1.49. The predicted octanol–water partition coefficient (Wildman–Crippen LogP) is 2.99. The Bertz CT molecular complexity index is 1140. The van der Waals surface area contributed by atoms with Crippen LogP contribution >= 0.6 is 0 Å². The molecule has 0 spiro atoms. The lowest BCUT2D eigenvalue weighted by atomic mass is 9.94. The molecule has 1 saturated carbocycles. The van der Waals surface area contributed by atoms with E-state index in [1.807, 2.05) is 6.07 Å². The van der Waals surface area contributed by atoms with E-state index in [9.17, 15) is 17.6 Å². The molecule has 0 saturated heterocycles. The molecule has 1 aromatic heterocycles. The number of hydrogen-bond acceptors (Lipinski definition) is 5. The van der Waals surface area contributed by atoms with Crippen molar-refractivity contribution >= 4 is 21.4 Å². The number of sulfonamides is 1. The van der Waals surface area contributed by atoms with Crippen molar-refractivity contribution in [2.45, 2.75) is 61.9 Å². The summed E-state index contributed by atoms with van der Waals surface area (Å²) in [5.74, 6) is -1.19. The van der Waals surface area contributed by atoms with Gasteiger partial charge < -0.3 is 5.73 Å². The van der Waals surface area contributed by atoms with Crippen LogP contribution in [-0.4, -0.2) is 24.0 Å². The highest BCUT2D eigenvalue weighted by Gasteiger charge is 2.31. The van der Waals surface area contributed by atoms with E-state index in [2.05, 4.69) is 15.8 Å². The topological polar surface area (TPSA) is 107 Å². The number of halogens is 1. The highest BCUT2D eigenvalue weighted by atomic mass is 32.2. The van der Waals surface area contributed by atoms with Crippen molar-refractivity contribution < 1.29 is 12.8 Å². The van der Waals surface area contributed by atoms with Gasteiger partial charge in [0.2, 0.25) is 10.0 Å². The Morgan fingerprint density at radius 3 is 2.83 bits per heavy atom. The van der Waals surface area contributed by atoms with Gasteiger partial charge in [0.25, 0.3) is 0 Å². The van der Waals surface area contributed by atoms with Crippen LogP contribution in [0.3, 0.4) is 0 Å². The molecular weight excluding hydrogens is 407 g/mol. The molecule has 0 aliphatic heterocycles. The SMILES string of the molecule is Nc1nc(=O)n([C@H]2CC[C@H](NS(=O)(=O)c3cccc(C4=CCCCC4)c3)C2)cc1F. The molecule has 160 valence electrons.